The largest absolute Gasteiger partial charge is 0.350 e. The van der Waals surface area contributed by atoms with Gasteiger partial charge in [-0.15, -0.1) is 0 Å². The second kappa shape index (κ2) is 8.50. The zero-order valence-electron chi connectivity index (χ0n) is 13.9. The first kappa shape index (κ1) is 18.0. The number of carbonyl (C=O) groups is 2. The highest BCUT2D eigenvalue weighted by molar-refractivity contribution is 6.30. The molecule has 0 saturated carbocycles. The van der Waals surface area contributed by atoms with Crippen molar-refractivity contribution in [1.29, 1.82) is 0 Å². The molecular formula is C19H21ClN2O2. The first-order valence-electron chi connectivity index (χ1n) is 7.92. The smallest absolute Gasteiger partial charge is 0.251 e. The number of carbonyl (C=O) groups excluding carboxylic acids is 2. The molecule has 0 aromatic heterocycles. The van der Waals surface area contributed by atoms with Crippen molar-refractivity contribution in [2.45, 2.75) is 20.3 Å². The van der Waals surface area contributed by atoms with E-state index in [1.165, 1.54) is 6.92 Å². The first-order chi connectivity index (χ1) is 11.5. The fourth-order valence-corrected chi connectivity index (χ4v) is 2.72. The number of nitrogens with zero attached hydrogens (tertiary/aromatic N) is 1. The number of anilines is 1. The molecule has 0 aliphatic rings. The Morgan fingerprint density at radius 3 is 2.54 bits per heavy atom. The van der Waals surface area contributed by atoms with Crippen molar-refractivity contribution in [3.8, 4) is 0 Å². The summed E-state index contributed by atoms with van der Waals surface area (Å²) in [4.78, 5) is 25.8. The van der Waals surface area contributed by atoms with E-state index in [1.807, 2.05) is 24.3 Å². The van der Waals surface area contributed by atoms with Crippen LogP contribution in [0.25, 0.3) is 0 Å². The first-order valence-corrected chi connectivity index (χ1v) is 8.30. The molecule has 0 bridgehead atoms. The van der Waals surface area contributed by atoms with Crippen molar-refractivity contribution < 1.29 is 9.59 Å². The van der Waals surface area contributed by atoms with Crippen LogP contribution < -0.4 is 10.2 Å². The summed E-state index contributed by atoms with van der Waals surface area (Å²) in [5.41, 5.74) is 2.50. The van der Waals surface area contributed by atoms with Crippen LogP contribution in [0.5, 0.6) is 0 Å². The van der Waals surface area contributed by atoms with Gasteiger partial charge in [-0.3, -0.25) is 9.59 Å². The molecule has 24 heavy (non-hydrogen) atoms. The van der Waals surface area contributed by atoms with Crippen molar-refractivity contribution in [2.24, 2.45) is 0 Å². The summed E-state index contributed by atoms with van der Waals surface area (Å²) in [5.74, 6) is -0.252. The summed E-state index contributed by atoms with van der Waals surface area (Å²) >= 11 is 5.90. The lowest BCUT2D eigenvalue weighted by Gasteiger charge is -2.24. The number of hydrogen-bond donors (Lipinski definition) is 1. The summed E-state index contributed by atoms with van der Waals surface area (Å²) in [6.45, 7) is 4.37. The van der Waals surface area contributed by atoms with Crippen LogP contribution in [-0.2, 0) is 11.2 Å². The van der Waals surface area contributed by atoms with Crippen LogP contribution in [-0.4, -0.2) is 24.9 Å². The molecule has 0 unspecified atom stereocenters. The number of benzene rings is 2. The molecule has 0 aliphatic carbocycles. The van der Waals surface area contributed by atoms with E-state index in [2.05, 4.69) is 12.2 Å². The van der Waals surface area contributed by atoms with Gasteiger partial charge in [-0.25, -0.2) is 0 Å². The second-order valence-corrected chi connectivity index (χ2v) is 5.86. The quantitative estimate of drug-likeness (QED) is 0.868. The van der Waals surface area contributed by atoms with E-state index in [-0.39, 0.29) is 11.8 Å². The number of aryl methyl sites for hydroxylation is 1. The van der Waals surface area contributed by atoms with Crippen molar-refractivity contribution in [3.05, 3.63) is 64.7 Å². The molecule has 2 aromatic rings. The maximum Gasteiger partial charge on any atom is 0.251 e. The molecule has 0 spiro atoms. The molecule has 4 nitrogen and oxygen atoms in total. The highest BCUT2D eigenvalue weighted by atomic mass is 35.5. The standard InChI is InChI=1S/C19H21ClN2O2/c1-3-15-7-4-5-10-18(15)22(14(2)23)12-11-21-19(24)16-8-6-9-17(20)13-16/h4-10,13H,3,11-12H2,1-2H3,(H,21,24). The highest BCUT2D eigenvalue weighted by Crippen LogP contribution is 2.20. The molecule has 0 atom stereocenters. The van der Waals surface area contributed by atoms with Gasteiger partial charge >= 0.3 is 0 Å². The van der Waals surface area contributed by atoms with Gasteiger partial charge in [-0.1, -0.05) is 42.8 Å². The average Bonchev–Trinajstić information content (AvgIpc) is 2.58. The number of nitrogens with one attached hydrogen (secondary N) is 1. The van der Waals surface area contributed by atoms with Gasteiger partial charge in [0.05, 0.1) is 0 Å². The van der Waals surface area contributed by atoms with Crippen LogP contribution in [0.3, 0.4) is 0 Å². The molecular weight excluding hydrogens is 324 g/mol. The Labute approximate surface area is 147 Å². The molecule has 5 heteroatoms. The topological polar surface area (TPSA) is 49.4 Å². The number of rotatable bonds is 6. The number of hydrogen-bond acceptors (Lipinski definition) is 2. The van der Waals surface area contributed by atoms with Crippen LogP contribution in [0.4, 0.5) is 5.69 Å². The van der Waals surface area contributed by atoms with Gasteiger partial charge in [0.2, 0.25) is 5.91 Å². The minimum atomic E-state index is -0.204. The lowest BCUT2D eigenvalue weighted by atomic mass is 10.1. The van der Waals surface area contributed by atoms with Crippen LogP contribution in [0.15, 0.2) is 48.5 Å². The Morgan fingerprint density at radius 2 is 1.88 bits per heavy atom. The Bertz CT molecular complexity index is 731. The molecule has 0 radical (unpaired) electrons. The van der Waals surface area contributed by atoms with Gasteiger partial charge in [0, 0.05) is 36.3 Å². The minimum Gasteiger partial charge on any atom is -0.350 e. The van der Waals surface area contributed by atoms with Gasteiger partial charge in [0.15, 0.2) is 0 Å². The van der Waals surface area contributed by atoms with Crippen molar-refractivity contribution in [3.63, 3.8) is 0 Å². The molecule has 0 aliphatic heterocycles. The fourth-order valence-electron chi connectivity index (χ4n) is 2.53. The lowest BCUT2D eigenvalue weighted by Crippen LogP contribution is -2.38. The van der Waals surface area contributed by atoms with Crippen molar-refractivity contribution in [2.75, 3.05) is 18.0 Å². The summed E-state index contributed by atoms with van der Waals surface area (Å²) in [7, 11) is 0. The second-order valence-electron chi connectivity index (χ2n) is 5.42. The van der Waals surface area contributed by atoms with Crippen molar-refractivity contribution >= 4 is 29.1 Å². The predicted molar refractivity (Wildman–Crippen MR) is 97.6 cm³/mol. The normalized spacial score (nSPS) is 10.3. The highest BCUT2D eigenvalue weighted by Gasteiger charge is 2.14. The zero-order chi connectivity index (χ0) is 17.5. The SMILES string of the molecule is CCc1ccccc1N(CCNC(=O)c1cccc(Cl)c1)C(C)=O. The summed E-state index contributed by atoms with van der Waals surface area (Å²) in [5, 5.41) is 3.35. The molecule has 126 valence electrons. The van der Waals surface area contributed by atoms with Crippen molar-refractivity contribution in [1.82, 2.24) is 5.32 Å². The Morgan fingerprint density at radius 1 is 1.12 bits per heavy atom. The average molecular weight is 345 g/mol. The van der Waals surface area contributed by atoms with E-state index < -0.39 is 0 Å². The Kier molecular flexibility index (Phi) is 6.38. The molecule has 0 fully saturated rings. The maximum absolute atomic E-state index is 12.1. The summed E-state index contributed by atoms with van der Waals surface area (Å²) in [6.07, 6.45) is 0.842. The number of halogens is 1. The van der Waals surface area contributed by atoms with Crippen LogP contribution in [0.1, 0.15) is 29.8 Å². The van der Waals surface area contributed by atoms with E-state index in [1.54, 1.807) is 29.2 Å². The van der Waals surface area contributed by atoms with Crippen LogP contribution >= 0.6 is 11.6 Å². The number of amides is 2. The lowest BCUT2D eigenvalue weighted by molar-refractivity contribution is -0.116. The van der Waals surface area contributed by atoms with Crippen LogP contribution in [0, 0.1) is 0 Å². The van der Waals surface area contributed by atoms with Gasteiger partial charge in [0.1, 0.15) is 0 Å². The van der Waals surface area contributed by atoms with Gasteiger partial charge in [-0.2, -0.15) is 0 Å². The number of para-hydroxylation sites is 1. The van der Waals surface area contributed by atoms with Gasteiger partial charge < -0.3 is 10.2 Å². The van der Waals surface area contributed by atoms with E-state index in [0.29, 0.717) is 23.7 Å². The van der Waals surface area contributed by atoms with E-state index in [9.17, 15) is 9.59 Å². The molecule has 2 amide bonds. The van der Waals surface area contributed by atoms with E-state index in [0.717, 1.165) is 17.7 Å². The zero-order valence-corrected chi connectivity index (χ0v) is 14.6. The molecule has 1 N–H and O–H groups in total. The maximum atomic E-state index is 12.1. The van der Waals surface area contributed by atoms with Crippen LogP contribution in [0.2, 0.25) is 5.02 Å². The summed E-state index contributed by atoms with van der Waals surface area (Å²) in [6, 6.07) is 14.6. The third kappa shape index (κ3) is 4.59. The third-order valence-electron chi connectivity index (χ3n) is 3.75. The Hall–Kier alpha value is -2.33. The Balaban J connectivity index is 2.02. The fraction of sp³-hybridized carbons (Fsp3) is 0.263. The van der Waals surface area contributed by atoms with E-state index >= 15 is 0 Å². The predicted octanol–water partition coefficient (Wildman–Crippen LogP) is 3.69. The molecule has 2 aromatic carbocycles. The van der Waals surface area contributed by atoms with Gasteiger partial charge in [0.25, 0.3) is 5.91 Å². The minimum absolute atomic E-state index is 0.0482. The molecule has 0 heterocycles. The van der Waals surface area contributed by atoms with Gasteiger partial charge in [-0.05, 0) is 36.2 Å². The summed E-state index contributed by atoms with van der Waals surface area (Å²) < 4.78 is 0. The molecule has 0 saturated heterocycles. The molecule has 2 rings (SSSR count). The van der Waals surface area contributed by atoms with E-state index in [4.69, 9.17) is 11.6 Å². The third-order valence-corrected chi connectivity index (χ3v) is 3.99. The monoisotopic (exact) mass is 344 g/mol.